The van der Waals surface area contributed by atoms with Gasteiger partial charge in [0, 0.05) is 17.5 Å². The summed E-state index contributed by atoms with van der Waals surface area (Å²) in [5.74, 6) is 1.25. The second-order valence-corrected chi connectivity index (χ2v) is 6.00. The van der Waals surface area contributed by atoms with Gasteiger partial charge in [0.1, 0.15) is 17.3 Å². The average Bonchev–Trinajstić information content (AvgIpc) is 2.80. The van der Waals surface area contributed by atoms with E-state index in [1.54, 1.807) is 6.20 Å². The fraction of sp³-hybridized carbons (Fsp3) is 0.571. The molecule has 20 heavy (non-hydrogen) atoms. The van der Waals surface area contributed by atoms with Crippen LogP contribution in [0.5, 0.6) is 0 Å². The van der Waals surface area contributed by atoms with E-state index >= 15 is 0 Å². The van der Waals surface area contributed by atoms with Gasteiger partial charge in [-0.1, -0.05) is 32.9 Å². The second-order valence-electron chi connectivity index (χ2n) is 6.00. The monoisotopic (exact) mass is 274 g/mol. The predicted molar refractivity (Wildman–Crippen MR) is 79.2 cm³/mol. The quantitative estimate of drug-likeness (QED) is 0.928. The smallest absolute Gasteiger partial charge is 0.136 e. The first-order valence-electron chi connectivity index (χ1n) is 6.88. The van der Waals surface area contributed by atoms with Crippen LogP contribution in [-0.4, -0.2) is 25.0 Å². The van der Waals surface area contributed by atoms with Gasteiger partial charge in [-0.15, -0.1) is 5.10 Å². The lowest BCUT2D eigenvalue weighted by Crippen LogP contribution is -2.19. The summed E-state index contributed by atoms with van der Waals surface area (Å²) in [4.78, 5) is 9.10. The second kappa shape index (κ2) is 5.19. The maximum atomic E-state index is 6.05. The van der Waals surface area contributed by atoms with E-state index in [4.69, 9.17) is 10.7 Å². The molecule has 0 spiro atoms. The minimum atomic E-state index is -0.153. The molecule has 6 heteroatoms. The Morgan fingerprint density at radius 1 is 1.25 bits per heavy atom. The highest BCUT2D eigenvalue weighted by molar-refractivity contribution is 5.63. The molecule has 108 valence electrons. The number of rotatable bonds is 3. The molecule has 0 radical (unpaired) electrons. The summed E-state index contributed by atoms with van der Waals surface area (Å²) in [6.07, 6.45) is 2.72. The van der Waals surface area contributed by atoms with Crippen molar-refractivity contribution in [1.29, 1.82) is 0 Å². The van der Waals surface area contributed by atoms with E-state index in [2.05, 4.69) is 43.0 Å². The highest BCUT2D eigenvalue weighted by Crippen LogP contribution is 2.27. The normalized spacial score (nSPS) is 11.8. The van der Waals surface area contributed by atoms with Gasteiger partial charge in [-0.05, 0) is 13.3 Å². The average molecular weight is 274 g/mol. The lowest BCUT2D eigenvalue weighted by molar-refractivity contribution is 0.544. The summed E-state index contributed by atoms with van der Waals surface area (Å²) in [5.41, 5.74) is 8.48. The van der Waals surface area contributed by atoms with Crippen LogP contribution in [0, 0.1) is 6.92 Å². The van der Waals surface area contributed by atoms with Crippen LogP contribution in [0.25, 0.3) is 11.4 Å². The third kappa shape index (κ3) is 2.64. The molecule has 0 bridgehead atoms. The van der Waals surface area contributed by atoms with Gasteiger partial charge in [-0.2, -0.15) is 0 Å². The summed E-state index contributed by atoms with van der Waals surface area (Å²) in [6.45, 7) is 11.1. The first-order chi connectivity index (χ1) is 9.34. The molecule has 0 amide bonds. The molecule has 0 unspecified atom stereocenters. The van der Waals surface area contributed by atoms with Crippen molar-refractivity contribution in [2.75, 3.05) is 5.73 Å². The van der Waals surface area contributed by atoms with Crippen molar-refractivity contribution in [3.8, 4) is 11.4 Å². The molecule has 0 aliphatic heterocycles. The molecule has 0 aromatic carbocycles. The Morgan fingerprint density at radius 2 is 1.95 bits per heavy atom. The van der Waals surface area contributed by atoms with Gasteiger partial charge < -0.3 is 5.73 Å². The van der Waals surface area contributed by atoms with Gasteiger partial charge in [0.15, 0.2) is 0 Å². The Hall–Kier alpha value is -1.98. The zero-order valence-corrected chi connectivity index (χ0v) is 12.8. The number of aromatic nitrogens is 5. The van der Waals surface area contributed by atoms with Crippen LogP contribution in [0.1, 0.15) is 45.5 Å². The molecule has 0 saturated heterocycles. The van der Waals surface area contributed by atoms with E-state index in [0.29, 0.717) is 5.82 Å². The Labute approximate surface area is 119 Å². The van der Waals surface area contributed by atoms with Crippen LogP contribution in [0.3, 0.4) is 0 Å². The van der Waals surface area contributed by atoms with Gasteiger partial charge in [0.2, 0.25) is 0 Å². The van der Waals surface area contributed by atoms with Crippen molar-refractivity contribution < 1.29 is 0 Å². The molecule has 2 rings (SSSR count). The van der Waals surface area contributed by atoms with Crippen LogP contribution in [0.15, 0.2) is 6.20 Å². The van der Waals surface area contributed by atoms with Gasteiger partial charge in [-0.25, -0.2) is 14.6 Å². The number of nitrogens with zero attached hydrogens (tertiary/aromatic N) is 5. The van der Waals surface area contributed by atoms with Crippen molar-refractivity contribution in [2.45, 2.75) is 53.0 Å². The standard InChI is InChI=1S/C14H22N6/c1-6-7-20-10(8-16-19-20)11-9(2)12(15)18-13(17-11)14(3,4)5/h8H,6-7H2,1-5H3,(H2,15,17,18). The molecule has 0 fully saturated rings. The van der Waals surface area contributed by atoms with E-state index < -0.39 is 0 Å². The number of hydrogen-bond donors (Lipinski definition) is 1. The summed E-state index contributed by atoms with van der Waals surface area (Å²) >= 11 is 0. The maximum Gasteiger partial charge on any atom is 0.136 e. The molecule has 6 nitrogen and oxygen atoms in total. The molecule has 0 atom stereocenters. The Bertz CT molecular complexity index is 609. The number of hydrogen-bond acceptors (Lipinski definition) is 5. The topological polar surface area (TPSA) is 82.5 Å². The van der Waals surface area contributed by atoms with Crippen LogP contribution < -0.4 is 5.73 Å². The Balaban J connectivity index is 2.61. The summed E-state index contributed by atoms with van der Waals surface area (Å²) < 4.78 is 1.86. The fourth-order valence-electron chi connectivity index (χ4n) is 1.94. The van der Waals surface area contributed by atoms with Crippen molar-refractivity contribution in [3.63, 3.8) is 0 Å². The molecule has 2 heterocycles. The Kier molecular flexibility index (Phi) is 3.74. The SMILES string of the molecule is CCCn1nncc1-c1nc(C(C)(C)C)nc(N)c1C. The highest BCUT2D eigenvalue weighted by Gasteiger charge is 2.22. The number of nitrogen functional groups attached to an aromatic ring is 1. The van der Waals surface area contributed by atoms with Gasteiger partial charge in [0.25, 0.3) is 0 Å². The lowest BCUT2D eigenvalue weighted by atomic mass is 9.95. The molecule has 2 aromatic heterocycles. The van der Waals surface area contributed by atoms with E-state index in [1.165, 1.54) is 0 Å². The molecular weight excluding hydrogens is 252 g/mol. The van der Waals surface area contributed by atoms with E-state index in [-0.39, 0.29) is 5.41 Å². The maximum absolute atomic E-state index is 6.05. The molecule has 0 aliphatic carbocycles. The molecular formula is C14H22N6. The summed E-state index contributed by atoms with van der Waals surface area (Å²) in [7, 11) is 0. The third-order valence-corrected chi connectivity index (χ3v) is 3.15. The van der Waals surface area contributed by atoms with Crippen LogP contribution in [0.4, 0.5) is 5.82 Å². The van der Waals surface area contributed by atoms with Crippen molar-refractivity contribution >= 4 is 5.82 Å². The van der Waals surface area contributed by atoms with Crippen LogP contribution >= 0.6 is 0 Å². The lowest BCUT2D eigenvalue weighted by Gasteiger charge is -2.19. The van der Waals surface area contributed by atoms with Crippen LogP contribution in [-0.2, 0) is 12.0 Å². The Morgan fingerprint density at radius 3 is 2.55 bits per heavy atom. The summed E-state index contributed by atoms with van der Waals surface area (Å²) in [6, 6.07) is 0. The summed E-state index contributed by atoms with van der Waals surface area (Å²) in [5, 5.41) is 8.10. The van der Waals surface area contributed by atoms with Gasteiger partial charge >= 0.3 is 0 Å². The predicted octanol–water partition coefficient (Wildman–Crippen LogP) is 2.33. The largest absolute Gasteiger partial charge is 0.383 e. The number of aryl methyl sites for hydroxylation is 1. The third-order valence-electron chi connectivity index (χ3n) is 3.15. The van der Waals surface area contributed by atoms with Crippen molar-refractivity contribution in [1.82, 2.24) is 25.0 Å². The molecule has 0 aliphatic rings. The minimum Gasteiger partial charge on any atom is -0.383 e. The zero-order valence-electron chi connectivity index (χ0n) is 12.8. The zero-order chi connectivity index (χ0) is 14.9. The van der Waals surface area contributed by atoms with Crippen molar-refractivity contribution in [2.24, 2.45) is 0 Å². The number of anilines is 1. The molecule has 2 N–H and O–H groups in total. The highest BCUT2D eigenvalue weighted by atomic mass is 15.4. The first kappa shape index (κ1) is 14.4. The molecule has 0 saturated carbocycles. The van der Waals surface area contributed by atoms with Gasteiger partial charge in [0.05, 0.1) is 11.9 Å². The first-order valence-corrected chi connectivity index (χ1v) is 6.88. The fourth-order valence-corrected chi connectivity index (χ4v) is 1.94. The van der Waals surface area contributed by atoms with Crippen LogP contribution in [0.2, 0.25) is 0 Å². The van der Waals surface area contributed by atoms with E-state index in [9.17, 15) is 0 Å². The molecule has 2 aromatic rings. The van der Waals surface area contributed by atoms with E-state index in [1.807, 2.05) is 11.6 Å². The van der Waals surface area contributed by atoms with Crippen molar-refractivity contribution in [3.05, 3.63) is 17.6 Å². The van der Waals surface area contributed by atoms with E-state index in [0.717, 1.165) is 35.7 Å². The number of nitrogens with two attached hydrogens (primary N) is 1. The minimum absolute atomic E-state index is 0.153. The van der Waals surface area contributed by atoms with Gasteiger partial charge in [-0.3, -0.25) is 0 Å².